The summed E-state index contributed by atoms with van der Waals surface area (Å²) in [5, 5.41) is 1.04. The number of hydrogen-bond donors (Lipinski definition) is 2. The number of nitrogens with zero attached hydrogens (tertiary/aromatic N) is 2. The molecule has 6 heteroatoms. The summed E-state index contributed by atoms with van der Waals surface area (Å²) in [7, 11) is 0. The molecule has 0 spiro atoms. The Morgan fingerprint density at radius 2 is 2.00 bits per heavy atom. The van der Waals surface area contributed by atoms with Crippen LogP contribution in [0.25, 0.3) is 0 Å². The standard InChI is InChI=1S/C15H24Cl2N4/c1-10(2)7-8-21(11-5-3-4-6-11)15-13(17)9-12(16)14(19-15)20-18/h9-11H,3-8,18H2,1-2H3,(H,19,20). The Hall–Kier alpha value is -0.710. The first kappa shape index (κ1) is 16.7. The molecule has 21 heavy (non-hydrogen) atoms. The fourth-order valence-corrected chi connectivity index (χ4v) is 3.36. The van der Waals surface area contributed by atoms with E-state index >= 15 is 0 Å². The second-order valence-electron chi connectivity index (χ2n) is 6.08. The highest BCUT2D eigenvalue weighted by atomic mass is 35.5. The number of anilines is 2. The lowest BCUT2D eigenvalue weighted by Crippen LogP contribution is -2.36. The zero-order chi connectivity index (χ0) is 15.4. The van der Waals surface area contributed by atoms with Gasteiger partial charge in [-0.15, -0.1) is 0 Å². The highest BCUT2D eigenvalue weighted by molar-refractivity contribution is 6.37. The summed E-state index contributed by atoms with van der Waals surface area (Å²) in [4.78, 5) is 6.88. The molecule has 1 aliphatic carbocycles. The van der Waals surface area contributed by atoms with Crippen LogP contribution in [0.4, 0.5) is 11.6 Å². The first-order chi connectivity index (χ1) is 10.0. The Kier molecular flexibility index (Phi) is 5.97. The minimum absolute atomic E-state index is 0.446. The summed E-state index contributed by atoms with van der Waals surface area (Å²) < 4.78 is 0. The van der Waals surface area contributed by atoms with Crippen molar-refractivity contribution in [1.29, 1.82) is 0 Å². The van der Waals surface area contributed by atoms with Gasteiger partial charge in [0, 0.05) is 12.6 Å². The largest absolute Gasteiger partial charge is 0.352 e. The minimum Gasteiger partial charge on any atom is -0.352 e. The van der Waals surface area contributed by atoms with E-state index in [1.54, 1.807) is 6.07 Å². The fraction of sp³-hybridized carbons (Fsp3) is 0.667. The van der Waals surface area contributed by atoms with E-state index in [0.29, 0.717) is 27.8 Å². The highest BCUT2D eigenvalue weighted by Crippen LogP contribution is 2.35. The summed E-state index contributed by atoms with van der Waals surface area (Å²) in [5.41, 5.74) is 2.54. The summed E-state index contributed by atoms with van der Waals surface area (Å²) in [6.07, 6.45) is 6.06. The Morgan fingerprint density at radius 1 is 1.33 bits per heavy atom. The molecule has 1 aromatic rings. The van der Waals surface area contributed by atoms with Crippen molar-refractivity contribution in [3.05, 3.63) is 16.1 Å². The third-order valence-electron chi connectivity index (χ3n) is 4.03. The predicted octanol–water partition coefficient (Wildman–Crippen LogP) is 4.47. The predicted molar refractivity (Wildman–Crippen MR) is 91.1 cm³/mol. The SMILES string of the molecule is CC(C)CCN(c1nc(NN)c(Cl)cc1Cl)C1CCCC1. The molecule has 0 aromatic carbocycles. The van der Waals surface area contributed by atoms with Crippen molar-refractivity contribution in [2.75, 3.05) is 16.9 Å². The van der Waals surface area contributed by atoms with Crippen LogP contribution in [0.5, 0.6) is 0 Å². The van der Waals surface area contributed by atoms with Gasteiger partial charge < -0.3 is 10.3 Å². The molecule has 0 aliphatic heterocycles. The van der Waals surface area contributed by atoms with Crippen LogP contribution in [0.2, 0.25) is 10.0 Å². The molecule has 118 valence electrons. The van der Waals surface area contributed by atoms with Crippen LogP contribution in [0.15, 0.2) is 6.07 Å². The highest BCUT2D eigenvalue weighted by Gasteiger charge is 2.26. The molecule has 0 unspecified atom stereocenters. The van der Waals surface area contributed by atoms with E-state index in [1.807, 2.05) is 0 Å². The molecule has 0 atom stereocenters. The number of hydrazine groups is 1. The van der Waals surface area contributed by atoms with E-state index in [0.717, 1.165) is 18.8 Å². The molecule has 0 bridgehead atoms. The van der Waals surface area contributed by atoms with Crippen LogP contribution in [0, 0.1) is 5.92 Å². The maximum atomic E-state index is 6.39. The molecule has 1 saturated carbocycles. The van der Waals surface area contributed by atoms with Gasteiger partial charge in [-0.25, -0.2) is 10.8 Å². The van der Waals surface area contributed by atoms with Crippen LogP contribution in [-0.4, -0.2) is 17.6 Å². The summed E-state index contributed by atoms with van der Waals surface area (Å²) in [6, 6.07) is 2.23. The minimum atomic E-state index is 0.446. The molecule has 0 amide bonds. The lowest BCUT2D eigenvalue weighted by molar-refractivity contribution is 0.525. The fourth-order valence-electron chi connectivity index (χ4n) is 2.83. The topological polar surface area (TPSA) is 54.2 Å². The monoisotopic (exact) mass is 330 g/mol. The van der Waals surface area contributed by atoms with Gasteiger partial charge in [-0.3, -0.25) is 0 Å². The molecule has 1 fully saturated rings. The van der Waals surface area contributed by atoms with Gasteiger partial charge in [-0.2, -0.15) is 0 Å². The van der Waals surface area contributed by atoms with Crippen LogP contribution >= 0.6 is 23.2 Å². The van der Waals surface area contributed by atoms with Crippen LogP contribution in [0.3, 0.4) is 0 Å². The second kappa shape index (κ2) is 7.52. The quantitative estimate of drug-likeness (QED) is 0.596. The van der Waals surface area contributed by atoms with Crippen molar-refractivity contribution in [2.45, 2.75) is 52.0 Å². The van der Waals surface area contributed by atoms with Gasteiger partial charge in [0.2, 0.25) is 0 Å². The van der Waals surface area contributed by atoms with Crippen molar-refractivity contribution < 1.29 is 0 Å². The molecular formula is C15H24Cl2N4. The van der Waals surface area contributed by atoms with Crippen LogP contribution in [-0.2, 0) is 0 Å². The van der Waals surface area contributed by atoms with Gasteiger partial charge in [0.25, 0.3) is 0 Å². The first-order valence-electron chi connectivity index (χ1n) is 7.62. The van der Waals surface area contributed by atoms with Gasteiger partial charge in [0.05, 0.1) is 10.0 Å². The number of nitrogens with one attached hydrogen (secondary N) is 1. The molecule has 3 N–H and O–H groups in total. The average molecular weight is 331 g/mol. The third-order valence-corrected chi connectivity index (χ3v) is 4.60. The van der Waals surface area contributed by atoms with Gasteiger partial charge in [-0.05, 0) is 31.2 Å². The van der Waals surface area contributed by atoms with E-state index in [2.05, 4.69) is 29.2 Å². The first-order valence-corrected chi connectivity index (χ1v) is 8.37. The summed E-state index contributed by atoms with van der Waals surface area (Å²) in [5.74, 6) is 7.40. The van der Waals surface area contributed by atoms with Crippen molar-refractivity contribution in [2.24, 2.45) is 11.8 Å². The Balaban J connectivity index is 2.30. The van der Waals surface area contributed by atoms with Crippen molar-refractivity contribution in [3.8, 4) is 0 Å². The molecular weight excluding hydrogens is 307 g/mol. The van der Waals surface area contributed by atoms with Gasteiger partial charge >= 0.3 is 0 Å². The van der Waals surface area contributed by atoms with E-state index in [-0.39, 0.29) is 0 Å². The third kappa shape index (κ3) is 4.15. The van der Waals surface area contributed by atoms with Crippen molar-refractivity contribution >= 4 is 34.8 Å². The van der Waals surface area contributed by atoms with Gasteiger partial charge in [0.15, 0.2) is 5.82 Å². The maximum Gasteiger partial charge on any atom is 0.161 e. The van der Waals surface area contributed by atoms with E-state index in [9.17, 15) is 0 Å². The number of aromatic nitrogens is 1. The summed E-state index contributed by atoms with van der Waals surface area (Å²) in [6.45, 7) is 5.42. The van der Waals surface area contributed by atoms with E-state index in [1.165, 1.54) is 25.7 Å². The van der Waals surface area contributed by atoms with Gasteiger partial charge in [0.1, 0.15) is 5.82 Å². The Morgan fingerprint density at radius 3 is 2.57 bits per heavy atom. The number of rotatable bonds is 6. The van der Waals surface area contributed by atoms with Crippen molar-refractivity contribution in [3.63, 3.8) is 0 Å². The van der Waals surface area contributed by atoms with E-state index in [4.69, 9.17) is 29.0 Å². The smallest absolute Gasteiger partial charge is 0.161 e. The Bertz CT molecular complexity index is 473. The van der Waals surface area contributed by atoms with Crippen LogP contribution < -0.4 is 16.2 Å². The number of hydrogen-bond acceptors (Lipinski definition) is 4. The molecule has 4 nitrogen and oxygen atoms in total. The molecule has 0 radical (unpaired) electrons. The number of nitrogens with two attached hydrogens (primary N) is 1. The molecule has 0 saturated heterocycles. The Labute approximate surface area is 137 Å². The molecule has 1 aliphatic rings. The maximum absolute atomic E-state index is 6.39. The zero-order valence-corrected chi connectivity index (χ0v) is 14.2. The second-order valence-corrected chi connectivity index (χ2v) is 6.90. The molecule has 2 rings (SSSR count). The zero-order valence-electron chi connectivity index (χ0n) is 12.7. The van der Waals surface area contributed by atoms with Crippen molar-refractivity contribution in [1.82, 2.24) is 4.98 Å². The van der Waals surface area contributed by atoms with E-state index < -0.39 is 0 Å². The van der Waals surface area contributed by atoms with Gasteiger partial charge in [-0.1, -0.05) is 49.9 Å². The van der Waals surface area contributed by atoms with Crippen LogP contribution in [0.1, 0.15) is 46.0 Å². The summed E-state index contributed by atoms with van der Waals surface area (Å²) >= 11 is 12.5. The number of pyridine rings is 1. The lowest BCUT2D eigenvalue weighted by Gasteiger charge is -2.32. The molecule has 1 aromatic heterocycles. The molecule has 1 heterocycles. The average Bonchev–Trinajstić information content (AvgIpc) is 2.94. The number of halogens is 2. The normalized spacial score (nSPS) is 15.7. The lowest BCUT2D eigenvalue weighted by atomic mass is 10.1. The number of nitrogen functional groups attached to an aromatic ring is 1.